The summed E-state index contributed by atoms with van der Waals surface area (Å²) in [7, 11) is 0. The molecule has 1 atom stereocenters. The monoisotopic (exact) mass is 308 g/mol. The van der Waals surface area contributed by atoms with Gasteiger partial charge in [0.1, 0.15) is 0 Å². The normalized spacial score (nSPS) is 18.8. The molecule has 0 bridgehead atoms. The van der Waals surface area contributed by atoms with Crippen LogP contribution in [0, 0.1) is 0 Å². The van der Waals surface area contributed by atoms with Gasteiger partial charge in [-0.1, -0.05) is 48.5 Å². The smallest absolute Gasteiger partial charge is 0.0791 e. The van der Waals surface area contributed by atoms with Crippen LogP contribution in [0.4, 0.5) is 0 Å². The second-order valence-electron chi connectivity index (χ2n) is 6.68. The maximum atomic E-state index is 10.4. The molecule has 0 aromatic heterocycles. The summed E-state index contributed by atoms with van der Waals surface area (Å²) in [4.78, 5) is 2.36. The number of likely N-dealkylation sites (tertiary alicyclic amines) is 1. The van der Waals surface area contributed by atoms with Crippen LogP contribution in [0.25, 0.3) is 11.1 Å². The van der Waals surface area contributed by atoms with Gasteiger partial charge in [-0.05, 0) is 48.2 Å². The molecule has 1 heterocycles. The zero-order valence-electron chi connectivity index (χ0n) is 13.4. The molecule has 0 amide bonds. The molecule has 2 aromatic rings. The molecule has 3 nitrogen and oxygen atoms in total. The van der Waals surface area contributed by atoms with Crippen LogP contribution in [0.15, 0.2) is 48.5 Å². The van der Waals surface area contributed by atoms with E-state index in [0.29, 0.717) is 6.54 Å². The highest BCUT2D eigenvalue weighted by Gasteiger charge is 2.28. The second kappa shape index (κ2) is 6.44. The fourth-order valence-electron chi connectivity index (χ4n) is 3.96. The van der Waals surface area contributed by atoms with Gasteiger partial charge >= 0.3 is 0 Å². The van der Waals surface area contributed by atoms with E-state index >= 15 is 0 Å². The Morgan fingerprint density at radius 2 is 1.52 bits per heavy atom. The van der Waals surface area contributed by atoms with Crippen LogP contribution in [0.5, 0.6) is 0 Å². The van der Waals surface area contributed by atoms with Crippen molar-refractivity contribution < 1.29 is 5.11 Å². The Kier molecular flexibility index (Phi) is 4.17. The highest BCUT2D eigenvalue weighted by molar-refractivity contribution is 5.78. The number of nitrogens with one attached hydrogen (secondary N) is 1. The standard InChI is InChI=1S/C20H24N2O/c23-15(14-22-11-5-6-12-22)13-21-20-18-9-3-1-7-16(18)17-8-2-4-10-19(17)20/h1-4,7-10,15,20-21,23H,5-6,11-14H2. The first kappa shape index (κ1) is 14.9. The van der Waals surface area contributed by atoms with Gasteiger partial charge in [0.25, 0.3) is 0 Å². The Morgan fingerprint density at radius 1 is 0.957 bits per heavy atom. The molecule has 3 heteroatoms. The molecule has 1 unspecified atom stereocenters. The maximum Gasteiger partial charge on any atom is 0.0791 e. The van der Waals surface area contributed by atoms with Gasteiger partial charge in [0.05, 0.1) is 12.1 Å². The molecule has 120 valence electrons. The van der Waals surface area contributed by atoms with Crippen LogP contribution < -0.4 is 5.32 Å². The highest BCUT2D eigenvalue weighted by atomic mass is 16.3. The van der Waals surface area contributed by atoms with E-state index in [4.69, 9.17) is 0 Å². The summed E-state index contributed by atoms with van der Waals surface area (Å²) in [6.45, 7) is 3.67. The third-order valence-electron chi connectivity index (χ3n) is 5.06. The Bertz CT molecular complexity index is 633. The lowest BCUT2D eigenvalue weighted by atomic mass is 10.1. The maximum absolute atomic E-state index is 10.4. The molecule has 4 rings (SSSR count). The first-order valence-electron chi connectivity index (χ1n) is 8.65. The van der Waals surface area contributed by atoms with Crippen molar-refractivity contribution in [2.45, 2.75) is 25.0 Å². The Hall–Kier alpha value is -1.68. The second-order valence-corrected chi connectivity index (χ2v) is 6.68. The summed E-state index contributed by atoms with van der Waals surface area (Å²) >= 11 is 0. The number of hydrogen-bond acceptors (Lipinski definition) is 3. The highest BCUT2D eigenvalue weighted by Crippen LogP contribution is 2.42. The fraction of sp³-hybridized carbons (Fsp3) is 0.400. The minimum Gasteiger partial charge on any atom is -0.390 e. The van der Waals surface area contributed by atoms with Gasteiger partial charge < -0.3 is 15.3 Å². The number of rotatable bonds is 5. The summed E-state index contributed by atoms with van der Waals surface area (Å²) < 4.78 is 0. The van der Waals surface area contributed by atoms with Gasteiger partial charge in [-0.2, -0.15) is 0 Å². The topological polar surface area (TPSA) is 35.5 Å². The van der Waals surface area contributed by atoms with E-state index in [0.717, 1.165) is 19.6 Å². The average Bonchev–Trinajstić information content (AvgIpc) is 3.19. The van der Waals surface area contributed by atoms with Crippen molar-refractivity contribution in [1.82, 2.24) is 10.2 Å². The van der Waals surface area contributed by atoms with Crippen LogP contribution in [-0.2, 0) is 0 Å². The molecule has 2 aromatic carbocycles. The number of aliphatic hydroxyl groups excluding tert-OH is 1. The van der Waals surface area contributed by atoms with Crippen molar-refractivity contribution in [2.75, 3.05) is 26.2 Å². The minimum atomic E-state index is -0.312. The van der Waals surface area contributed by atoms with Gasteiger partial charge in [-0.25, -0.2) is 0 Å². The molecule has 1 aliphatic heterocycles. The Labute approximate surface area is 138 Å². The van der Waals surface area contributed by atoms with Gasteiger partial charge in [-0.3, -0.25) is 0 Å². The SMILES string of the molecule is OC(CNC1c2ccccc2-c2ccccc21)CN1CCCC1. The molecule has 1 fully saturated rings. The quantitative estimate of drug-likeness (QED) is 0.891. The zero-order valence-corrected chi connectivity index (χ0v) is 13.4. The van der Waals surface area contributed by atoms with Gasteiger partial charge in [0.2, 0.25) is 0 Å². The largest absolute Gasteiger partial charge is 0.390 e. The average molecular weight is 308 g/mol. The van der Waals surface area contributed by atoms with E-state index in [1.165, 1.54) is 35.1 Å². The third-order valence-corrected chi connectivity index (χ3v) is 5.06. The molecular weight excluding hydrogens is 284 g/mol. The van der Waals surface area contributed by atoms with E-state index < -0.39 is 0 Å². The van der Waals surface area contributed by atoms with Gasteiger partial charge in [-0.15, -0.1) is 0 Å². The summed E-state index contributed by atoms with van der Waals surface area (Å²) in [6.07, 6.45) is 2.22. The van der Waals surface area contributed by atoms with Crippen molar-refractivity contribution in [3.8, 4) is 11.1 Å². The van der Waals surface area contributed by atoms with Crippen LogP contribution in [-0.4, -0.2) is 42.3 Å². The molecule has 1 saturated heterocycles. The molecule has 0 spiro atoms. The molecule has 2 N–H and O–H groups in total. The number of aliphatic hydroxyl groups is 1. The Balaban J connectivity index is 1.48. The predicted octanol–water partition coefficient (Wildman–Crippen LogP) is 2.80. The van der Waals surface area contributed by atoms with E-state index in [1.807, 2.05) is 0 Å². The van der Waals surface area contributed by atoms with Crippen molar-refractivity contribution in [1.29, 1.82) is 0 Å². The van der Waals surface area contributed by atoms with Crippen molar-refractivity contribution in [3.05, 3.63) is 59.7 Å². The lowest BCUT2D eigenvalue weighted by Crippen LogP contribution is -2.38. The number of hydrogen-bond donors (Lipinski definition) is 2. The molecule has 0 saturated carbocycles. The van der Waals surface area contributed by atoms with Crippen LogP contribution in [0.2, 0.25) is 0 Å². The fourth-order valence-corrected chi connectivity index (χ4v) is 3.96. The molecule has 2 aliphatic rings. The van der Waals surface area contributed by atoms with Gasteiger partial charge in [0, 0.05) is 13.1 Å². The van der Waals surface area contributed by atoms with Crippen LogP contribution in [0.3, 0.4) is 0 Å². The summed E-state index contributed by atoms with van der Waals surface area (Å²) in [5, 5.41) is 14.0. The lowest BCUT2D eigenvalue weighted by molar-refractivity contribution is 0.122. The number of nitrogens with zero attached hydrogens (tertiary/aromatic N) is 1. The molecular formula is C20H24N2O. The summed E-state index contributed by atoms with van der Waals surface area (Å²) in [6, 6.07) is 17.4. The zero-order chi connectivity index (χ0) is 15.6. The van der Waals surface area contributed by atoms with E-state index in [2.05, 4.69) is 58.7 Å². The van der Waals surface area contributed by atoms with Crippen molar-refractivity contribution in [2.24, 2.45) is 0 Å². The minimum absolute atomic E-state index is 0.190. The first-order valence-corrected chi connectivity index (χ1v) is 8.65. The van der Waals surface area contributed by atoms with Crippen LogP contribution >= 0.6 is 0 Å². The summed E-state index contributed by atoms with van der Waals surface area (Å²) in [5.41, 5.74) is 5.27. The van der Waals surface area contributed by atoms with Gasteiger partial charge in [0.15, 0.2) is 0 Å². The number of fused-ring (bicyclic) bond motifs is 3. The van der Waals surface area contributed by atoms with Crippen molar-refractivity contribution in [3.63, 3.8) is 0 Å². The first-order chi connectivity index (χ1) is 11.3. The number of β-amino-alcohol motifs (C(OH)–C–C–N with tert-alkyl or cyclic N) is 1. The lowest BCUT2D eigenvalue weighted by Gasteiger charge is -2.22. The third kappa shape index (κ3) is 2.92. The van der Waals surface area contributed by atoms with Crippen molar-refractivity contribution >= 4 is 0 Å². The number of benzene rings is 2. The summed E-state index contributed by atoms with van der Waals surface area (Å²) in [5.74, 6) is 0. The predicted molar refractivity (Wildman–Crippen MR) is 93.4 cm³/mol. The van der Waals surface area contributed by atoms with E-state index in [1.54, 1.807) is 0 Å². The molecule has 23 heavy (non-hydrogen) atoms. The molecule has 0 radical (unpaired) electrons. The Morgan fingerprint density at radius 3 is 2.13 bits per heavy atom. The van der Waals surface area contributed by atoms with E-state index in [-0.39, 0.29) is 12.1 Å². The van der Waals surface area contributed by atoms with E-state index in [9.17, 15) is 5.11 Å². The molecule has 1 aliphatic carbocycles. The van der Waals surface area contributed by atoms with Crippen LogP contribution in [0.1, 0.15) is 30.0 Å².